The standard InChI is InChI=1S/C15H25N3S/c1-3-13-9-17-15(19-13)11(2)18-8-4-7-16-14(10-18)12-5-6-12/h9,11-12,14,16H,3-8,10H2,1-2H3. The second kappa shape index (κ2) is 5.90. The maximum Gasteiger partial charge on any atom is 0.110 e. The Balaban J connectivity index is 1.68. The van der Waals surface area contributed by atoms with Crippen LogP contribution in [-0.2, 0) is 6.42 Å². The summed E-state index contributed by atoms with van der Waals surface area (Å²) in [6.07, 6.45) is 7.29. The minimum Gasteiger partial charge on any atom is -0.312 e. The lowest BCUT2D eigenvalue weighted by molar-refractivity contribution is 0.200. The third kappa shape index (κ3) is 3.18. The molecule has 3 nitrogen and oxygen atoms in total. The number of nitrogens with zero attached hydrogens (tertiary/aromatic N) is 2. The molecule has 1 aliphatic heterocycles. The highest BCUT2D eigenvalue weighted by atomic mass is 32.1. The molecule has 2 unspecified atom stereocenters. The fourth-order valence-corrected chi connectivity index (χ4v) is 3.92. The maximum absolute atomic E-state index is 4.63. The fraction of sp³-hybridized carbons (Fsp3) is 0.800. The lowest BCUT2D eigenvalue weighted by atomic mass is 10.1. The predicted molar refractivity (Wildman–Crippen MR) is 80.6 cm³/mol. The molecule has 1 saturated heterocycles. The quantitative estimate of drug-likeness (QED) is 0.918. The number of thiazole rings is 1. The van der Waals surface area contributed by atoms with Crippen molar-refractivity contribution in [3.63, 3.8) is 0 Å². The average Bonchev–Trinajstić information content (AvgIpc) is 3.19. The molecule has 106 valence electrons. The molecule has 0 radical (unpaired) electrons. The molecule has 0 bridgehead atoms. The Morgan fingerprint density at radius 2 is 2.37 bits per heavy atom. The van der Waals surface area contributed by atoms with Crippen molar-refractivity contribution in [1.29, 1.82) is 0 Å². The van der Waals surface area contributed by atoms with Gasteiger partial charge in [0.15, 0.2) is 0 Å². The van der Waals surface area contributed by atoms with E-state index >= 15 is 0 Å². The summed E-state index contributed by atoms with van der Waals surface area (Å²) in [5, 5.41) is 5.04. The van der Waals surface area contributed by atoms with Crippen molar-refractivity contribution in [3.8, 4) is 0 Å². The van der Waals surface area contributed by atoms with E-state index in [1.807, 2.05) is 11.3 Å². The first kappa shape index (κ1) is 13.5. The van der Waals surface area contributed by atoms with Gasteiger partial charge in [0.25, 0.3) is 0 Å². The summed E-state index contributed by atoms with van der Waals surface area (Å²) >= 11 is 1.89. The topological polar surface area (TPSA) is 28.2 Å². The summed E-state index contributed by atoms with van der Waals surface area (Å²) in [5.41, 5.74) is 0. The van der Waals surface area contributed by atoms with Gasteiger partial charge in [0.2, 0.25) is 0 Å². The van der Waals surface area contributed by atoms with E-state index in [4.69, 9.17) is 0 Å². The number of hydrogen-bond donors (Lipinski definition) is 1. The largest absolute Gasteiger partial charge is 0.312 e. The predicted octanol–water partition coefficient (Wildman–Crippen LogP) is 2.84. The molecule has 0 spiro atoms. The summed E-state index contributed by atoms with van der Waals surface area (Å²) in [6, 6.07) is 1.20. The number of aryl methyl sites for hydroxylation is 1. The molecule has 1 aliphatic carbocycles. The number of aromatic nitrogens is 1. The van der Waals surface area contributed by atoms with E-state index in [0.717, 1.165) is 18.4 Å². The zero-order chi connectivity index (χ0) is 13.2. The van der Waals surface area contributed by atoms with Gasteiger partial charge < -0.3 is 5.32 Å². The van der Waals surface area contributed by atoms with Gasteiger partial charge in [-0.3, -0.25) is 4.90 Å². The van der Waals surface area contributed by atoms with Crippen LogP contribution < -0.4 is 5.32 Å². The van der Waals surface area contributed by atoms with Crippen LogP contribution in [0.5, 0.6) is 0 Å². The summed E-state index contributed by atoms with van der Waals surface area (Å²) in [6.45, 7) is 8.13. The highest BCUT2D eigenvalue weighted by molar-refractivity contribution is 7.11. The van der Waals surface area contributed by atoms with Crippen molar-refractivity contribution in [2.45, 2.75) is 51.6 Å². The van der Waals surface area contributed by atoms with Crippen LogP contribution in [0.3, 0.4) is 0 Å². The van der Waals surface area contributed by atoms with Gasteiger partial charge in [-0.2, -0.15) is 0 Å². The molecule has 2 heterocycles. The number of nitrogens with one attached hydrogen (secondary N) is 1. The first-order chi connectivity index (χ1) is 9.28. The number of hydrogen-bond acceptors (Lipinski definition) is 4. The molecule has 1 N–H and O–H groups in total. The third-order valence-corrected chi connectivity index (χ3v) is 5.79. The minimum absolute atomic E-state index is 0.478. The van der Waals surface area contributed by atoms with E-state index in [1.165, 1.54) is 48.8 Å². The van der Waals surface area contributed by atoms with E-state index in [-0.39, 0.29) is 0 Å². The van der Waals surface area contributed by atoms with Gasteiger partial charge >= 0.3 is 0 Å². The minimum atomic E-state index is 0.478. The Morgan fingerprint density at radius 3 is 3.05 bits per heavy atom. The third-order valence-electron chi connectivity index (χ3n) is 4.48. The van der Waals surface area contributed by atoms with Gasteiger partial charge in [-0.05, 0) is 45.1 Å². The molecule has 2 aliphatic rings. The van der Waals surface area contributed by atoms with Gasteiger partial charge in [-0.15, -0.1) is 11.3 Å². The summed E-state index contributed by atoms with van der Waals surface area (Å²) < 4.78 is 0. The van der Waals surface area contributed by atoms with Crippen molar-refractivity contribution in [3.05, 3.63) is 16.1 Å². The van der Waals surface area contributed by atoms with Crippen LogP contribution in [0.4, 0.5) is 0 Å². The molecular formula is C15H25N3S. The summed E-state index contributed by atoms with van der Waals surface area (Å²) in [7, 11) is 0. The SMILES string of the molecule is CCc1cnc(C(C)N2CCCNC(C3CC3)C2)s1. The highest BCUT2D eigenvalue weighted by Gasteiger charge is 2.34. The van der Waals surface area contributed by atoms with Crippen LogP contribution >= 0.6 is 11.3 Å². The van der Waals surface area contributed by atoms with Gasteiger partial charge in [-0.25, -0.2) is 4.98 Å². The molecule has 3 rings (SSSR count). The molecule has 2 atom stereocenters. The molecular weight excluding hydrogens is 254 g/mol. The molecule has 1 saturated carbocycles. The second-order valence-electron chi connectivity index (χ2n) is 5.94. The lowest BCUT2D eigenvalue weighted by Gasteiger charge is -2.29. The van der Waals surface area contributed by atoms with Crippen LogP contribution in [0.25, 0.3) is 0 Å². The Morgan fingerprint density at radius 1 is 1.53 bits per heavy atom. The zero-order valence-corrected chi connectivity index (χ0v) is 12.9. The monoisotopic (exact) mass is 279 g/mol. The van der Waals surface area contributed by atoms with E-state index in [0.29, 0.717) is 6.04 Å². The van der Waals surface area contributed by atoms with Crippen molar-refractivity contribution in [2.24, 2.45) is 5.92 Å². The Labute approximate surface area is 120 Å². The van der Waals surface area contributed by atoms with E-state index in [9.17, 15) is 0 Å². The highest BCUT2D eigenvalue weighted by Crippen LogP contribution is 2.35. The normalized spacial score (nSPS) is 27.2. The van der Waals surface area contributed by atoms with Crippen molar-refractivity contribution in [1.82, 2.24) is 15.2 Å². The van der Waals surface area contributed by atoms with E-state index in [2.05, 4.69) is 35.2 Å². The Hall–Kier alpha value is -0.450. The molecule has 0 aromatic carbocycles. The first-order valence-corrected chi connectivity index (χ1v) is 8.51. The molecule has 2 fully saturated rings. The van der Waals surface area contributed by atoms with Crippen LogP contribution in [0.15, 0.2) is 6.20 Å². The van der Waals surface area contributed by atoms with Crippen LogP contribution in [0, 0.1) is 5.92 Å². The van der Waals surface area contributed by atoms with Gasteiger partial charge in [0.05, 0.1) is 6.04 Å². The Kier molecular flexibility index (Phi) is 4.20. The number of rotatable bonds is 4. The molecule has 1 aromatic rings. The maximum atomic E-state index is 4.63. The molecule has 4 heteroatoms. The van der Waals surface area contributed by atoms with Gasteiger partial charge in [-0.1, -0.05) is 6.92 Å². The molecule has 1 aromatic heterocycles. The smallest absolute Gasteiger partial charge is 0.110 e. The van der Waals surface area contributed by atoms with Crippen LogP contribution in [-0.4, -0.2) is 35.6 Å². The fourth-order valence-electron chi connectivity index (χ4n) is 2.98. The average molecular weight is 279 g/mol. The van der Waals surface area contributed by atoms with Crippen molar-refractivity contribution >= 4 is 11.3 Å². The van der Waals surface area contributed by atoms with E-state index < -0.39 is 0 Å². The van der Waals surface area contributed by atoms with E-state index in [1.54, 1.807) is 0 Å². The summed E-state index contributed by atoms with van der Waals surface area (Å²) in [5.74, 6) is 0.940. The van der Waals surface area contributed by atoms with Crippen molar-refractivity contribution in [2.75, 3.05) is 19.6 Å². The van der Waals surface area contributed by atoms with Crippen LogP contribution in [0.2, 0.25) is 0 Å². The first-order valence-electron chi connectivity index (χ1n) is 7.70. The Bertz CT molecular complexity index is 413. The zero-order valence-electron chi connectivity index (χ0n) is 12.1. The second-order valence-corrected chi connectivity index (χ2v) is 7.09. The summed E-state index contributed by atoms with van der Waals surface area (Å²) in [4.78, 5) is 8.69. The van der Waals surface area contributed by atoms with Crippen LogP contribution in [0.1, 0.15) is 49.0 Å². The lowest BCUT2D eigenvalue weighted by Crippen LogP contribution is -2.40. The molecule has 0 amide bonds. The molecule has 19 heavy (non-hydrogen) atoms. The van der Waals surface area contributed by atoms with Gasteiger partial charge in [0, 0.05) is 30.2 Å². The van der Waals surface area contributed by atoms with Crippen molar-refractivity contribution < 1.29 is 0 Å². The van der Waals surface area contributed by atoms with Gasteiger partial charge in [0.1, 0.15) is 5.01 Å².